The van der Waals surface area contributed by atoms with E-state index in [1.165, 1.54) is 12.1 Å². The van der Waals surface area contributed by atoms with Crippen LogP contribution < -0.4 is 5.32 Å². The van der Waals surface area contributed by atoms with Crippen LogP contribution in [0.2, 0.25) is 0 Å². The van der Waals surface area contributed by atoms with Gasteiger partial charge in [0.15, 0.2) is 9.84 Å². The SMILES string of the molecule is O=S1(=O)CCC(O)(CNCc2ccc(C(F)(F)F)cc2)C1. The molecule has 2 N–H and O–H groups in total. The first-order valence-electron chi connectivity index (χ1n) is 6.39. The minimum atomic E-state index is -4.36. The predicted octanol–water partition coefficient (Wildman–Crippen LogP) is 1.34. The van der Waals surface area contributed by atoms with E-state index in [-0.39, 0.29) is 31.0 Å². The van der Waals surface area contributed by atoms with Gasteiger partial charge in [-0.2, -0.15) is 13.2 Å². The Labute approximate surface area is 120 Å². The van der Waals surface area contributed by atoms with E-state index in [0.29, 0.717) is 5.56 Å². The minimum absolute atomic E-state index is 0.0363. The number of hydrogen-bond acceptors (Lipinski definition) is 4. The summed E-state index contributed by atoms with van der Waals surface area (Å²) < 4.78 is 59.8. The molecule has 4 nitrogen and oxygen atoms in total. The molecule has 0 spiro atoms. The van der Waals surface area contributed by atoms with Crippen molar-refractivity contribution in [1.82, 2.24) is 5.32 Å². The summed E-state index contributed by atoms with van der Waals surface area (Å²) in [5.41, 5.74) is -1.37. The first-order chi connectivity index (χ1) is 9.60. The van der Waals surface area contributed by atoms with Crippen molar-refractivity contribution in [2.75, 3.05) is 18.1 Å². The van der Waals surface area contributed by atoms with Crippen molar-refractivity contribution in [3.63, 3.8) is 0 Å². The summed E-state index contributed by atoms with van der Waals surface area (Å²) in [5, 5.41) is 12.9. The van der Waals surface area contributed by atoms with Crippen molar-refractivity contribution in [3.05, 3.63) is 35.4 Å². The summed E-state index contributed by atoms with van der Waals surface area (Å²) in [6.07, 6.45) is -4.19. The van der Waals surface area contributed by atoms with E-state index < -0.39 is 27.2 Å². The molecule has 1 fully saturated rings. The Hall–Kier alpha value is -1.12. The zero-order valence-electron chi connectivity index (χ0n) is 11.2. The van der Waals surface area contributed by atoms with Gasteiger partial charge in [-0.05, 0) is 24.1 Å². The molecule has 0 aliphatic carbocycles. The molecule has 1 aliphatic rings. The lowest BCUT2D eigenvalue weighted by Crippen LogP contribution is -2.41. The van der Waals surface area contributed by atoms with Gasteiger partial charge in [-0.25, -0.2) is 8.42 Å². The van der Waals surface area contributed by atoms with Crippen LogP contribution in [0.3, 0.4) is 0 Å². The van der Waals surface area contributed by atoms with Crippen LogP contribution in [-0.2, 0) is 22.6 Å². The number of benzene rings is 1. The van der Waals surface area contributed by atoms with Crippen molar-refractivity contribution in [2.45, 2.75) is 24.7 Å². The summed E-state index contributed by atoms with van der Waals surface area (Å²) in [6, 6.07) is 4.69. The monoisotopic (exact) mass is 323 g/mol. The van der Waals surface area contributed by atoms with Crippen LogP contribution in [0, 0.1) is 0 Å². The molecule has 0 aromatic heterocycles. The Morgan fingerprint density at radius 1 is 1.24 bits per heavy atom. The Morgan fingerprint density at radius 2 is 1.86 bits per heavy atom. The standard InChI is InChI=1S/C13H16F3NO3S/c14-13(15,16)11-3-1-10(2-4-11)7-17-8-12(18)5-6-21(19,20)9-12/h1-4,17-18H,5-9H2. The number of sulfone groups is 1. The van der Waals surface area contributed by atoms with Crippen LogP contribution in [0.5, 0.6) is 0 Å². The van der Waals surface area contributed by atoms with Crippen LogP contribution in [-0.4, -0.2) is 37.2 Å². The Kier molecular flexibility index (Phi) is 4.32. The highest BCUT2D eigenvalue weighted by atomic mass is 32.2. The third kappa shape index (κ3) is 4.42. The lowest BCUT2D eigenvalue weighted by Gasteiger charge is -2.21. The van der Waals surface area contributed by atoms with Crippen molar-refractivity contribution >= 4 is 9.84 Å². The highest BCUT2D eigenvalue weighted by molar-refractivity contribution is 7.91. The molecule has 0 amide bonds. The Morgan fingerprint density at radius 3 is 2.33 bits per heavy atom. The average Bonchev–Trinajstić information content (AvgIpc) is 2.63. The maximum absolute atomic E-state index is 12.4. The minimum Gasteiger partial charge on any atom is -0.387 e. The molecule has 0 saturated carbocycles. The van der Waals surface area contributed by atoms with Gasteiger partial charge in [0.05, 0.1) is 22.7 Å². The second-order valence-corrected chi connectivity index (χ2v) is 7.55. The first-order valence-corrected chi connectivity index (χ1v) is 8.22. The molecular weight excluding hydrogens is 307 g/mol. The first kappa shape index (κ1) is 16.3. The van der Waals surface area contributed by atoms with Gasteiger partial charge in [-0.3, -0.25) is 0 Å². The normalized spacial score (nSPS) is 25.1. The van der Waals surface area contributed by atoms with E-state index in [0.717, 1.165) is 12.1 Å². The summed E-state index contributed by atoms with van der Waals surface area (Å²) in [7, 11) is -3.19. The summed E-state index contributed by atoms with van der Waals surface area (Å²) in [6.45, 7) is 0.355. The van der Waals surface area contributed by atoms with Gasteiger partial charge >= 0.3 is 6.18 Å². The second kappa shape index (κ2) is 5.58. The van der Waals surface area contributed by atoms with Crippen LogP contribution in [0.4, 0.5) is 13.2 Å². The molecule has 1 aromatic rings. The van der Waals surface area contributed by atoms with Crippen LogP contribution in [0.15, 0.2) is 24.3 Å². The van der Waals surface area contributed by atoms with E-state index in [2.05, 4.69) is 5.32 Å². The third-order valence-electron chi connectivity index (χ3n) is 3.43. The van der Waals surface area contributed by atoms with E-state index in [9.17, 15) is 26.7 Å². The van der Waals surface area contributed by atoms with Gasteiger partial charge < -0.3 is 10.4 Å². The second-order valence-electron chi connectivity index (χ2n) is 5.36. The summed E-state index contributed by atoms with van der Waals surface area (Å²) >= 11 is 0. The van der Waals surface area contributed by atoms with Crippen LogP contribution in [0.25, 0.3) is 0 Å². The maximum Gasteiger partial charge on any atom is 0.416 e. The molecule has 0 bridgehead atoms. The number of aliphatic hydroxyl groups is 1. The van der Waals surface area contributed by atoms with Crippen molar-refractivity contribution < 1.29 is 26.7 Å². The maximum atomic E-state index is 12.4. The summed E-state index contributed by atoms with van der Waals surface area (Å²) in [4.78, 5) is 0. The fourth-order valence-electron chi connectivity index (χ4n) is 2.29. The quantitative estimate of drug-likeness (QED) is 0.878. The van der Waals surface area contributed by atoms with Gasteiger partial charge in [0.2, 0.25) is 0 Å². The number of halogens is 3. The molecule has 0 radical (unpaired) electrons. The lowest BCUT2D eigenvalue weighted by atomic mass is 10.0. The van der Waals surface area contributed by atoms with E-state index in [4.69, 9.17) is 0 Å². The van der Waals surface area contributed by atoms with Crippen LogP contribution >= 0.6 is 0 Å². The molecule has 1 unspecified atom stereocenters. The molecule has 1 heterocycles. The molecule has 1 aliphatic heterocycles. The predicted molar refractivity (Wildman–Crippen MR) is 71.4 cm³/mol. The van der Waals surface area contributed by atoms with Gasteiger partial charge in [0, 0.05) is 13.1 Å². The fourth-order valence-corrected chi connectivity index (χ4v) is 4.19. The van der Waals surface area contributed by atoms with Gasteiger partial charge in [-0.1, -0.05) is 12.1 Å². The van der Waals surface area contributed by atoms with Crippen molar-refractivity contribution in [1.29, 1.82) is 0 Å². The molecule has 1 atom stereocenters. The lowest BCUT2D eigenvalue weighted by molar-refractivity contribution is -0.137. The molecule has 118 valence electrons. The number of rotatable bonds is 4. The molecule has 1 saturated heterocycles. The third-order valence-corrected chi connectivity index (χ3v) is 5.23. The van der Waals surface area contributed by atoms with Crippen LogP contribution in [0.1, 0.15) is 17.5 Å². The highest BCUT2D eigenvalue weighted by Gasteiger charge is 2.40. The number of hydrogen-bond donors (Lipinski definition) is 2. The van der Waals surface area contributed by atoms with Crippen molar-refractivity contribution in [2.24, 2.45) is 0 Å². The molecule has 2 rings (SSSR count). The number of alkyl halides is 3. The van der Waals surface area contributed by atoms with E-state index in [1.54, 1.807) is 0 Å². The Balaban J connectivity index is 1.87. The zero-order chi connectivity index (χ0) is 15.7. The molecule has 21 heavy (non-hydrogen) atoms. The van der Waals surface area contributed by atoms with E-state index >= 15 is 0 Å². The van der Waals surface area contributed by atoms with Gasteiger partial charge in [0.1, 0.15) is 0 Å². The van der Waals surface area contributed by atoms with Gasteiger partial charge in [-0.15, -0.1) is 0 Å². The summed E-state index contributed by atoms with van der Waals surface area (Å²) in [5.74, 6) is -0.314. The average molecular weight is 323 g/mol. The van der Waals surface area contributed by atoms with Gasteiger partial charge in [0.25, 0.3) is 0 Å². The molecular formula is C13H16F3NO3S. The molecule has 1 aromatic carbocycles. The fraction of sp³-hybridized carbons (Fsp3) is 0.538. The van der Waals surface area contributed by atoms with Crippen molar-refractivity contribution in [3.8, 4) is 0 Å². The van der Waals surface area contributed by atoms with E-state index in [1.807, 2.05) is 0 Å². The molecule has 8 heteroatoms. The number of nitrogens with one attached hydrogen (secondary N) is 1. The zero-order valence-corrected chi connectivity index (χ0v) is 12.0. The smallest absolute Gasteiger partial charge is 0.387 e. The Bertz CT molecular complexity index is 598. The largest absolute Gasteiger partial charge is 0.416 e. The topological polar surface area (TPSA) is 66.4 Å². The highest BCUT2D eigenvalue weighted by Crippen LogP contribution is 2.29.